The highest BCUT2D eigenvalue weighted by Crippen LogP contribution is 2.24. The molecule has 0 radical (unpaired) electrons. The Morgan fingerprint density at radius 1 is 1.25 bits per heavy atom. The third kappa shape index (κ3) is 3.78. The number of halogens is 1. The van der Waals surface area contributed by atoms with Gasteiger partial charge in [-0.2, -0.15) is 0 Å². The van der Waals surface area contributed by atoms with Crippen LogP contribution in [0.3, 0.4) is 0 Å². The summed E-state index contributed by atoms with van der Waals surface area (Å²) in [4.78, 5) is 11.6. The molecule has 0 aliphatic rings. The molecule has 106 valence electrons. The highest BCUT2D eigenvalue weighted by molar-refractivity contribution is 6.32. The Morgan fingerprint density at radius 3 is 2.70 bits per heavy atom. The summed E-state index contributed by atoms with van der Waals surface area (Å²) >= 11 is 5.97. The average Bonchev–Trinajstić information content (AvgIpc) is 2.86. The van der Waals surface area contributed by atoms with E-state index in [0.29, 0.717) is 16.5 Å². The molecule has 2 aromatic rings. The Balaban J connectivity index is 1.96. The second-order valence-corrected chi connectivity index (χ2v) is 4.85. The van der Waals surface area contributed by atoms with Crippen molar-refractivity contribution < 1.29 is 18.7 Å². The molecule has 0 bridgehead atoms. The largest absolute Gasteiger partial charge is 0.484 e. The number of esters is 1. The van der Waals surface area contributed by atoms with Gasteiger partial charge in [-0.05, 0) is 38.1 Å². The minimum absolute atomic E-state index is 0.163. The first-order valence-electron chi connectivity index (χ1n) is 6.23. The van der Waals surface area contributed by atoms with Gasteiger partial charge in [-0.25, -0.2) is 4.79 Å². The number of carbonyl (C=O) groups is 1. The lowest BCUT2D eigenvalue weighted by Crippen LogP contribution is -2.10. The first-order valence-corrected chi connectivity index (χ1v) is 6.61. The van der Waals surface area contributed by atoms with Gasteiger partial charge in [0.05, 0.1) is 11.1 Å². The molecule has 1 aromatic carbocycles. The van der Waals surface area contributed by atoms with Gasteiger partial charge in [0.15, 0.2) is 0 Å². The van der Waals surface area contributed by atoms with E-state index in [9.17, 15) is 4.79 Å². The molecule has 1 aromatic heterocycles. The number of hydrogen-bond donors (Lipinski definition) is 0. The number of carbonyl (C=O) groups excluding carboxylic acids is 1. The second kappa shape index (κ2) is 6.48. The lowest BCUT2D eigenvalue weighted by Gasteiger charge is -2.06. The SMILES string of the molecule is CC(C)OC(=O)c1ccc(COc2ccccc2Cl)o1. The van der Waals surface area contributed by atoms with E-state index in [1.165, 1.54) is 0 Å². The van der Waals surface area contributed by atoms with E-state index in [4.69, 9.17) is 25.5 Å². The molecule has 0 spiro atoms. The van der Waals surface area contributed by atoms with E-state index in [2.05, 4.69) is 0 Å². The van der Waals surface area contributed by atoms with Crippen LogP contribution in [0, 0.1) is 0 Å². The number of rotatable bonds is 5. The Hall–Kier alpha value is -1.94. The molecule has 5 heteroatoms. The Bertz CT molecular complexity index is 589. The van der Waals surface area contributed by atoms with Crippen molar-refractivity contribution >= 4 is 17.6 Å². The van der Waals surface area contributed by atoms with E-state index in [-0.39, 0.29) is 18.5 Å². The first-order chi connectivity index (χ1) is 9.56. The van der Waals surface area contributed by atoms with Crippen molar-refractivity contribution in [1.29, 1.82) is 0 Å². The molecule has 0 amide bonds. The van der Waals surface area contributed by atoms with Crippen molar-refractivity contribution in [2.75, 3.05) is 0 Å². The topological polar surface area (TPSA) is 48.7 Å². The van der Waals surface area contributed by atoms with E-state index in [1.54, 1.807) is 38.1 Å². The number of furan rings is 1. The molecule has 0 fully saturated rings. The lowest BCUT2D eigenvalue weighted by molar-refractivity contribution is 0.0337. The summed E-state index contributed by atoms with van der Waals surface area (Å²) in [5.41, 5.74) is 0. The smallest absolute Gasteiger partial charge is 0.374 e. The Kier molecular flexibility index (Phi) is 4.69. The summed E-state index contributed by atoms with van der Waals surface area (Å²) in [5, 5.41) is 0.526. The molecular weight excluding hydrogens is 280 g/mol. The van der Waals surface area contributed by atoms with Crippen LogP contribution in [0.25, 0.3) is 0 Å². The highest BCUT2D eigenvalue weighted by Gasteiger charge is 2.14. The van der Waals surface area contributed by atoms with Crippen molar-refractivity contribution in [2.24, 2.45) is 0 Å². The van der Waals surface area contributed by atoms with Crippen molar-refractivity contribution in [3.05, 3.63) is 52.9 Å². The molecule has 2 rings (SSSR count). The van der Waals surface area contributed by atoms with Gasteiger partial charge in [-0.1, -0.05) is 23.7 Å². The molecule has 20 heavy (non-hydrogen) atoms. The maximum Gasteiger partial charge on any atom is 0.374 e. The minimum atomic E-state index is -0.482. The molecular formula is C15H15ClO4. The number of benzene rings is 1. The predicted molar refractivity (Wildman–Crippen MR) is 75.0 cm³/mol. The number of para-hydroxylation sites is 1. The predicted octanol–water partition coefficient (Wildman–Crippen LogP) is 4.08. The summed E-state index contributed by atoms with van der Waals surface area (Å²) < 4.78 is 15.9. The summed E-state index contributed by atoms with van der Waals surface area (Å²) in [6.45, 7) is 3.75. The number of hydrogen-bond acceptors (Lipinski definition) is 4. The maximum absolute atomic E-state index is 11.6. The summed E-state index contributed by atoms with van der Waals surface area (Å²) in [5.74, 6) is 0.776. The number of ether oxygens (including phenoxy) is 2. The van der Waals surface area contributed by atoms with E-state index >= 15 is 0 Å². The van der Waals surface area contributed by atoms with Gasteiger partial charge >= 0.3 is 5.97 Å². The van der Waals surface area contributed by atoms with Crippen LogP contribution in [-0.4, -0.2) is 12.1 Å². The Labute approximate surface area is 122 Å². The molecule has 1 heterocycles. The van der Waals surface area contributed by atoms with Gasteiger partial charge in [0.25, 0.3) is 0 Å². The van der Waals surface area contributed by atoms with Crippen LogP contribution in [0.1, 0.15) is 30.2 Å². The molecule has 0 unspecified atom stereocenters. The van der Waals surface area contributed by atoms with Crippen molar-refractivity contribution in [3.8, 4) is 5.75 Å². The van der Waals surface area contributed by atoms with E-state index in [1.807, 2.05) is 12.1 Å². The molecule has 0 aliphatic carbocycles. The van der Waals surface area contributed by atoms with Gasteiger partial charge in [0.2, 0.25) is 5.76 Å². The average molecular weight is 295 g/mol. The standard InChI is InChI=1S/C15H15ClO4/c1-10(2)19-15(17)14-8-7-11(20-14)9-18-13-6-4-3-5-12(13)16/h3-8,10H,9H2,1-2H3. The zero-order chi connectivity index (χ0) is 14.5. The quantitative estimate of drug-likeness (QED) is 0.780. The molecule has 4 nitrogen and oxygen atoms in total. The fourth-order valence-corrected chi connectivity index (χ4v) is 1.74. The van der Waals surface area contributed by atoms with Crippen LogP contribution in [0.15, 0.2) is 40.8 Å². The van der Waals surface area contributed by atoms with Crippen LogP contribution >= 0.6 is 11.6 Å². The van der Waals surface area contributed by atoms with Gasteiger partial charge < -0.3 is 13.9 Å². The molecule has 0 atom stereocenters. The molecule has 0 saturated carbocycles. The minimum Gasteiger partial charge on any atom is -0.484 e. The fourth-order valence-electron chi connectivity index (χ4n) is 1.55. The van der Waals surface area contributed by atoms with Crippen LogP contribution in [0.2, 0.25) is 5.02 Å². The summed E-state index contributed by atoms with van der Waals surface area (Å²) in [7, 11) is 0. The van der Waals surface area contributed by atoms with Crippen LogP contribution in [-0.2, 0) is 11.3 Å². The lowest BCUT2D eigenvalue weighted by atomic mass is 10.3. The Morgan fingerprint density at radius 2 is 2.00 bits per heavy atom. The van der Waals surface area contributed by atoms with Gasteiger partial charge in [0, 0.05) is 0 Å². The van der Waals surface area contributed by atoms with Gasteiger partial charge in [0.1, 0.15) is 18.1 Å². The van der Waals surface area contributed by atoms with Gasteiger partial charge in [-0.15, -0.1) is 0 Å². The second-order valence-electron chi connectivity index (χ2n) is 4.44. The zero-order valence-corrected chi connectivity index (χ0v) is 12.0. The molecule has 0 N–H and O–H groups in total. The van der Waals surface area contributed by atoms with Crippen molar-refractivity contribution in [2.45, 2.75) is 26.6 Å². The monoisotopic (exact) mass is 294 g/mol. The maximum atomic E-state index is 11.6. The fraction of sp³-hybridized carbons (Fsp3) is 0.267. The normalized spacial score (nSPS) is 10.6. The van der Waals surface area contributed by atoms with Gasteiger partial charge in [-0.3, -0.25) is 0 Å². The zero-order valence-electron chi connectivity index (χ0n) is 11.3. The highest BCUT2D eigenvalue weighted by atomic mass is 35.5. The van der Waals surface area contributed by atoms with E-state index in [0.717, 1.165) is 0 Å². The molecule has 0 aliphatic heterocycles. The molecule has 0 saturated heterocycles. The summed E-state index contributed by atoms with van der Waals surface area (Å²) in [6, 6.07) is 10.4. The third-order valence-electron chi connectivity index (χ3n) is 2.41. The van der Waals surface area contributed by atoms with Crippen LogP contribution < -0.4 is 4.74 Å². The van der Waals surface area contributed by atoms with E-state index < -0.39 is 5.97 Å². The van der Waals surface area contributed by atoms with Crippen molar-refractivity contribution in [1.82, 2.24) is 0 Å². The first kappa shape index (κ1) is 14.5. The van der Waals surface area contributed by atoms with Crippen molar-refractivity contribution in [3.63, 3.8) is 0 Å². The third-order valence-corrected chi connectivity index (χ3v) is 2.72. The van der Waals surface area contributed by atoms with Crippen LogP contribution in [0.5, 0.6) is 5.75 Å². The van der Waals surface area contributed by atoms with Crippen LogP contribution in [0.4, 0.5) is 0 Å². The summed E-state index contributed by atoms with van der Waals surface area (Å²) in [6.07, 6.45) is -0.185.